The van der Waals surface area contributed by atoms with Crippen LogP contribution in [-0.4, -0.2) is 30.0 Å². The Morgan fingerprint density at radius 2 is 2.20 bits per heavy atom. The number of nitrogens with two attached hydrogens (primary N) is 1. The van der Waals surface area contributed by atoms with Gasteiger partial charge in [-0.3, -0.25) is 0 Å². The van der Waals surface area contributed by atoms with Crippen molar-refractivity contribution in [2.45, 2.75) is 38.1 Å². The highest BCUT2D eigenvalue weighted by molar-refractivity contribution is 5.78. The van der Waals surface area contributed by atoms with Gasteiger partial charge in [0.1, 0.15) is 5.82 Å². The molecule has 0 amide bonds. The fourth-order valence-corrected chi connectivity index (χ4v) is 3.08. The molecule has 0 aromatic heterocycles. The lowest BCUT2D eigenvalue weighted by molar-refractivity contribution is 0.270. The number of halogens is 1. The highest BCUT2D eigenvalue weighted by Crippen LogP contribution is 2.44. The minimum absolute atomic E-state index is 0.125. The van der Waals surface area contributed by atoms with Crippen LogP contribution in [-0.2, 0) is 0 Å². The van der Waals surface area contributed by atoms with Gasteiger partial charge in [0.15, 0.2) is 5.96 Å². The third-order valence-corrected chi connectivity index (χ3v) is 4.34. The lowest BCUT2D eigenvalue weighted by Gasteiger charge is -2.31. The molecule has 2 N–H and O–H groups in total. The van der Waals surface area contributed by atoms with Crippen LogP contribution in [0.1, 0.15) is 37.7 Å². The molecule has 3 nitrogen and oxygen atoms in total. The highest BCUT2D eigenvalue weighted by Gasteiger charge is 2.40. The maximum Gasteiger partial charge on any atom is 0.191 e. The van der Waals surface area contributed by atoms with Gasteiger partial charge < -0.3 is 10.6 Å². The van der Waals surface area contributed by atoms with Crippen molar-refractivity contribution in [3.8, 4) is 0 Å². The normalized spacial score (nSPS) is 30.4. The summed E-state index contributed by atoms with van der Waals surface area (Å²) in [6.45, 7) is 4.24. The smallest absolute Gasteiger partial charge is 0.191 e. The van der Waals surface area contributed by atoms with Crippen LogP contribution in [0.4, 0.5) is 4.39 Å². The van der Waals surface area contributed by atoms with E-state index in [1.807, 2.05) is 12.1 Å². The molecule has 1 heterocycles. The summed E-state index contributed by atoms with van der Waals surface area (Å²) in [6, 6.07) is 7.14. The molecule has 1 saturated carbocycles. The number of benzene rings is 1. The SMILES string of the molecule is CC1CCCN(C(N)=NC2CC2c2ccccc2F)C1. The predicted molar refractivity (Wildman–Crippen MR) is 79.1 cm³/mol. The number of aliphatic imine (C=N–C) groups is 1. The van der Waals surface area contributed by atoms with E-state index in [0.717, 1.165) is 25.1 Å². The Hall–Kier alpha value is -1.58. The maximum atomic E-state index is 13.7. The van der Waals surface area contributed by atoms with Crippen molar-refractivity contribution in [1.82, 2.24) is 4.90 Å². The lowest BCUT2D eigenvalue weighted by Crippen LogP contribution is -2.43. The van der Waals surface area contributed by atoms with Gasteiger partial charge in [0.2, 0.25) is 0 Å². The van der Waals surface area contributed by atoms with E-state index in [0.29, 0.717) is 11.9 Å². The number of hydrogen-bond acceptors (Lipinski definition) is 1. The first kappa shape index (κ1) is 13.4. The second-order valence-corrected chi connectivity index (χ2v) is 6.11. The molecule has 0 bridgehead atoms. The summed E-state index contributed by atoms with van der Waals surface area (Å²) in [5.74, 6) is 1.40. The van der Waals surface area contributed by atoms with Gasteiger partial charge >= 0.3 is 0 Å². The number of likely N-dealkylation sites (tertiary alicyclic amines) is 1. The lowest BCUT2D eigenvalue weighted by atomic mass is 10.0. The number of nitrogens with zero attached hydrogens (tertiary/aromatic N) is 2. The quantitative estimate of drug-likeness (QED) is 0.666. The van der Waals surface area contributed by atoms with Crippen LogP contribution in [0, 0.1) is 11.7 Å². The molecule has 1 aromatic carbocycles. The molecule has 3 unspecified atom stereocenters. The third-order valence-electron chi connectivity index (χ3n) is 4.34. The molecule has 2 aliphatic rings. The number of rotatable bonds is 2. The minimum Gasteiger partial charge on any atom is -0.370 e. The molecule has 0 spiro atoms. The minimum atomic E-state index is -0.125. The first-order valence-electron chi connectivity index (χ1n) is 7.48. The number of guanidine groups is 1. The Balaban J connectivity index is 1.64. The second-order valence-electron chi connectivity index (χ2n) is 6.11. The van der Waals surface area contributed by atoms with Crippen LogP contribution in [0.25, 0.3) is 0 Å². The highest BCUT2D eigenvalue weighted by atomic mass is 19.1. The van der Waals surface area contributed by atoms with Gasteiger partial charge in [-0.2, -0.15) is 0 Å². The fourth-order valence-electron chi connectivity index (χ4n) is 3.08. The molecule has 0 radical (unpaired) electrons. The summed E-state index contributed by atoms with van der Waals surface area (Å²) in [5.41, 5.74) is 6.89. The van der Waals surface area contributed by atoms with Crippen molar-refractivity contribution >= 4 is 5.96 Å². The molecule has 2 fully saturated rings. The Bertz CT molecular complexity index is 514. The average Bonchev–Trinajstić information content (AvgIpc) is 3.18. The van der Waals surface area contributed by atoms with Gasteiger partial charge in [0, 0.05) is 19.0 Å². The molecule has 20 heavy (non-hydrogen) atoms. The van der Waals surface area contributed by atoms with Crippen LogP contribution in [0.5, 0.6) is 0 Å². The fraction of sp³-hybridized carbons (Fsp3) is 0.562. The van der Waals surface area contributed by atoms with E-state index >= 15 is 0 Å². The van der Waals surface area contributed by atoms with E-state index in [9.17, 15) is 4.39 Å². The zero-order valence-corrected chi connectivity index (χ0v) is 11.9. The van der Waals surface area contributed by atoms with Gasteiger partial charge in [0.05, 0.1) is 6.04 Å². The second kappa shape index (κ2) is 5.43. The summed E-state index contributed by atoms with van der Waals surface area (Å²) in [5, 5.41) is 0. The molecule has 1 aromatic rings. The Morgan fingerprint density at radius 1 is 1.40 bits per heavy atom. The average molecular weight is 275 g/mol. The monoisotopic (exact) mass is 275 g/mol. The van der Waals surface area contributed by atoms with Gasteiger partial charge in [-0.1, -0.05) is 25.1 Å². The number of hydrogen-bond donors (Lipinski definition) is 1. The van der Waals surface area contributed by atoms with Crippen LogP contribution < -0.4 is 5.73 Å². The summed E-state index contributed by atoms with van der Waals surface area (Å²) in [6.07, 6.45) is 3.36. The summed E-state index contributed by atoms with van der Waals surface area (Å²) in [7, 11) is 0. The van der Waals surface area contributed by atoms with Crippen LogP contribution in [0.3, 0.4) is 0 Å². The summed E-state index contributed by atoms with van der Waals surface area (Å²) < 4.78 is 13.7. The molecular formula is C16H22FN3. The zero-order chi connectivity index (χ0) is 14.1. The van der Waals surface area contributed by atoms with Crippen molar-refractivity contribution in [2.75, 3.05) is 13.1 Å². The van der Waals surface area contributed by atoms with Crippen LogP contribution in [0.15, 0.2) is 29.3 Å². The van der Waals surface area contributed by atoms with Gasteiger partial charge in [-0.15, -0.1) is 0 Å². The van der Waals surface area contributed by atoms with Crippen molar-refractivity contribution in [2.24, 2.45) is 16.6 Å². The van der Waals surface area contributed by atoms with Crippen molar-refractivity contribution in [3.63, 3.8) is 0 Å². The van der Waals surface area contributed by atoms with E-state index in [4.69, 9.17) is 5.73 Å². The third kappa shape index (κ3) is 2.79. The summed E-state index contributed by atoms with van der Waals surface area (Å²) >= 11 is 0. The molecule has 3 atom stereocenters. The summed E-state index contributed by atoms with van der Waals surface area (Å²) in [4.78, 5) is 6.77. The van der Waals surface area contributed by atoms with E-state index in [-0.39, 0.29) is 17.8 Å². The maximum absolute atomic E-state index is 13.7. The van der Waals surface area contributed by atoms with E-state index < -0.39 is 0 Å². The van der Waals surface area contributed by atoms with Crippen molar-refractivity contribution in [3.05, 3.63) is 35.6 Å². The van der Waals surface area contributed by atoms with E-state index in [1.165, 1.54) is 18.9 Å². The van der Waals surface area contributed by atoms with Gasteiger partial charge in [0.25, 0.3) is 0 Å². The Kier molecular flexibility index (Phi) is 3.64. The van der Waals surface area contributed by atoms with Crippen LogP contribution in [0.2, 0.25) is 0 Å². The standard InChI is InChI=1S/C16H22FN3/c1-11-5-4-8-20(10-11)16(18)19-15-9-13(15)12-6-2-3-7-14(12)17/h2-3,6-7,11,13,15H,4-5,8-10H2,1H3,(H2,18,19). The van der Waals surface area contributed by atoms with Gasteiger partial charge in [-0.05, 0) is 36.8 Å². The molecule has 4 heteroatoms. The largest absolute Gasteiger partial charge is 0.370 e. The number of piperidine rings is 1. The predicted octanol–water partition coefficient (Wildman–Crippen LogP) is 2.73. The molecule has 1 saturated heterocycles. The molecule has 108 valence electrons. The molecule has 1 aliphatic heterocycles. The Morgan fingerprint density at radius 3 is 2.95 bits per heavy atom. The molecular weight excluding hydrogens is 253 g/mol. The molecule has 1 aliphatic carbocycles. The topological polar surface area (TPSA) is 41.6 Å². The molecule has 3 rings (SSSR count). The first-order chi connectivity index (χ1) is 9.65. The van der Waals surface area contributed by atoms with Crippen molar-refractivity contribution in [1.29, 1.82) is 0 Å². The zero-order valence-electron chi connectivity index (χ0n) is 11.9. The van der Waals surface area contributed by atoms with Gasteiger partial charge in [-0.25, -0.2) is 9.38 Å². The first-order valence-corrected chi connectivity index (χ1v) is 7.48. The van der Waals surface area contributed by atoms with E-state index in [2.05, 4.69) is 16.8 Å². The van der Waals surface area contributed by atoms with E-state index in [1.54, 1.807) is 6.07 Å². The Labute approximate surface area is 119 Å². The van der Waals surface area contributed by atoms with Crippen LogP contribution >= 0.6 is 0 Å². The van der Waals surface area contributed by atoms with Crippen molar-refractivity contribution < 1.29 is 4.39 Å².